The molecule has 8 aromatic rings. The Balaban J connectivity index is 1.27. The third kappa shape index (κ3) is 6.53. The van der Waals surface area contributed by atoms with E-state index in [1.165, 1.54) is 132 Å². The van der Waals surface area contributed by atoms with Gasteiger partial charge in [-0.1, -0.05) is 131 Å². The van der Waals surface area contributed by atoms with Crippen LogP contribution in [0.3, 0.4) is 0 Å². The SMILES string of the molecule is Cc1cc2c3c(c1)N(c1ccc(C(C)(C)C)cc1)c1c(sc4cc5c(cc14)C(C)(C)CCC5(C)C)B3c1cc3sc(-c4ccccc4)c(C(C)C)c3cc1N2c1ccc(C(C)C)cc1C. The van der Waals surface area contributed by atoms with Crippen LogP contribution in [0.5, 0.6) is 0 Å². The standard InChI is InChI=1S/C60H63BN2S2/c1-34(2)39-19-24-47(37(6)29-39)63-48-31-42-52(64-56(53(42)35(3)4)38-17-15-14-16-18-38)33-46(48)61-54-49(27-36(5)28-50(54)63)62(41-22-20-40(21-23-41)58(7,8)9)55-43-30-44-45(32-51(43)65-57(55)61)60(12,13)26-25-59(44,10)11/h14-24,27-35H,25-26H2,1-13H3. The first-order chi connectivity index (χ1) is 30.8. The summed E-state index contributed by atoms with van der Waals surface area (Å²) in [6.45, 7) is 30.9. The fraction of sp³-hybridized carbons (Fsp3) is 0.333. The minimum Gasteiger partial charge on any atom is -0.311 e. The molecular formula is C60H63BN2S2. The molecule has 6 aromatic carbocycles. The number of thiophene rings is 2. The van der Waals surface area contributed by atoms with E-state index in [0.29, 0.717) is 11.8 Å². The number of fused-ring (bicyclic) bond motifs is 8. The first kappa shape index (κ1) is 42.5. The van der Waals surface area contributed by atoms with Gasteiger partial charge in [-0.25, -0.2) is 0 Å². The lowest BCUT2D eigenvalue weighted by Crippen LogP contribution is -2.60. The molecule has 2 nitrogen and oxygen atoms in total. The lowest BCUT2D eigenvalue weighted by Gasteiger charge is -2.44. The summed E-state index contributed by atoms with van der Waals surface area (Å²) in [5.41, 5.74) is 21.9. The zero-order valence-electron chi connectivity index (χ0n) is 40.7. The molecule has 0 atom stereocenters. The van der Waals surface area contributed by atoms with Crippen LogP contribution < -0.4 is 25.5 Å². The van der Waals surface area contributed by atoms with Gasteiger partial charge in [0, 0.05) is 52.9 Å². The highest BCUT2D eigenvalue weighted by atomic mass is 32.1. The lowest BCUT2D eigenvalue weighted by molar-refractivity contribution is 0.332. The second kappa shape index (κ2) is 14.7. The van der Waals surface area contributed by atoms with Gasteiger partial charge in [0.1, 0.15) is 0 Å². The van der Waals surface area contributed by atoms with Crippen LogP contribution in [0, 0.1) is 13.8 Å². The Morgan fingerprint density at radius 1 is 0.615 bits per heavy atom. The highest BCUT2D eigenvalue weighted by molar-refractivity contribution is 7.34. The Kier molecular flexibility index (Phi) is 9.62. The van der Waals surface area contributed by atoms with Crippen molar-refractivity contribution < 1.29 is 0 Å². The largest absolute Gasteiger partial charge is 0.311 e. The van der Waals surface area contributed by atoms with Crippen LogP contribution in [-0.4, -0.2) is 6.71 Å². The van der Waals surface area contributed by atoms with Gasteiger partial charge in [0.15, 0.2) is 0 Å². The van der Waals surface area contributed by atoms with Gasteiger partial charge < -0.3 is 9.80 Å². The van der Waals surface area contributed by atoms with E-state index in [1.54, 1.807) is 0 Å². The summed E-state index contributed by atoms with van der Waals surface area (Å²) in [6.07, 6.45) is 2.39. The van der Waals surface area contributed by atoms with Crippen molar-refractivity contribution in [2.24, 2.45) is 0 Å². The normalized spacial score (nSPS) is 16.1. The maximum absolute atomic E-state index is 2.67. The van der Waals surface area contributed by atoms with E-state index in [-0.39, 0.29) is 23.0 Å². The molecule has 5 heteroatoms. The summed E-state index contributed by atoms with van der Waals surface area (Å²) in [5, 5.41) is 2.77. The van der Waals surface area contributed by atoms with E-state index in [4.69, 9.17) is 0 Å². The van der Waals surface area contributed by atoms with Crippen molar-refractivity contribution in [2.75, 3.05) is 9.80 Å². The van der Waals surface area contributed by atoms with Crippen molar-refractivity contribution >= 4 is 99.4 Å². The molecule has 2 aliphatic heterocycles. The molecule has 0 N–H and O–H groups in total. The molecule has 3 aliphatic rings. The first-order valence-corrected chi connectivity index (χ1v) is 25.7. The highest BCUT2D eigenvalue weighted by Crippen LogP contribution is 2.54. The molecule has 1 aliphatic carbocycles. The van der Waals surface area contributed by atoms with Gasteiger partial charge in [0.2, 0.25) is 0 Å². The van der Waals surface area contributed by atoms with Crippen molar-refractivity contribution in [3.63, 3.8) is 0 Å². The van der Waals surface area contributed by atoms with E-state index in [9.17, 15) is 0 Å². The smallest absolute Gasteiger partial charge is 0.264 e. The maximum atomic E-state index is 2.67. The summed E-state index contributed by atoms with van der Waals surface area (Å²) >= 11 is 4.03. The molecule has 0 radical (unpaired) electrons. The van der Waals surface area contributed by atoms with Crippen LogP contribution in [0.25, 0.3) is 30.6 Å². The van der Waals surface area contributed by atoms with Crippen molar-refractivity contribution in [3.05, 3.63) is 148 Å². The van der Waals surface area contributed by atoms with E-state index in [1.807, 2.05) is 22.7 Å². The Bertz CT molecular complexity index is 3230. The number of hydrogen-bond acceptors (Lipinski definition) is 4. The van der Waals surface area contributed by atoms with Crippen LogP contribution >= 0.6 is 22.7 Å². The van der Waals surface area contributed by atoms with E-state index in [0.717, 1.165) is 0 Å². The molecular weight excluding hydrogens is 824 g/mol. The van der Waals surface area contributed by atoms with Gasteiger partial charge in [-0.15, -0.1) is 22.7 Å². The third-order valence-corrected chi connectivity index (χ3v) is 17.8. The van der Waals surface area contributed by atoms with Crippen LogP contribution in [0.2, 0.25) is 0 Å². The van der Waals surface area contributed by atoms with Gasteiger partial charge in [0.05, 0.1) is 5.69 Å². The minimum absolute atomic E-state index is 0.0574. The fourth-order valence-corrected chi connectivity index (χ4v) is 14.3. The van der Waals surface area contributed by atoms with Crippen LogP contribution in [-0.2, 0) is 16.2 Å². The number of benzene rings is 6. The number of aryl methyl sites for hydroxylation is 2. The zero-order valence-corrected chi connectivity index (χ0v) is 42.4. The Morgan fingerprint density at radius 2 is 1.26 bits per heavy atom. The van der Waals surface area contributed by atoms with Crippen LogP contribution in [0.4, 0.5) is 34.1 Å². The summed E-state index contributed by atoms with van der Waals surface area (Å²) in [6, 6.07) is 43.3. The highest BCUT2D eigenvalue weighted by Gasteiger charge is 2.47. The average Bonchev–Trinajstić information content (AvgIpc) is 3.83. The molecule has 0 unspecified atom stereocenters. The van der Waals surface area contributed by atoms with Crippen molar-refractivity contribution in [2.45, 2.75) is 131 Å². The van der Waals surface area contributed by atoms with Gasteiger partial charge >= 0.3 is 0 Å². The fourth-order valence-electron chi connectivity index (χ4n) is 11.6. The maximum Gasteiger partial charge on any atom is 0.264 e. The summed E-state index contributed by atoms with van der Waals surface area (Å²) < 4.78 is 4.22. The average molecular weight is 887 g/mol. The molecule has 65 heavy (non-hydrogen) atoms. The molecule has 0 spiro atoms. The second-order valence-electron chi connectivity index (χ2n) is 22.6. The van der Waals surface area contributed by atoms with Crippen molar-refractivity contribution in [1.29, 1.82) is 0 Å². The number of anilines is 6. The minimum atomic E-state index is 0.0574. The van der Waals surface area contributed by atoms with Gasteiger partial charge in [-0.2, -0.15) is 0 Å². The number of rotatable bonds is 5. The van der Waals surface area contributed by atoms with Gasteiger partial charge in [0.25, 0.3) is 6.71 Å². The predicted octanol–water partition coefficient (Wildman–Crippen LogP) is 16.4. The molecule has 0 saturated carbocycles. The van der Waals surface area contributed by atoms with Crippen LogP contribution in [0.15, 0.2) is 109 Å². The molecule has 328 valence electrons. The Labute approximate surface area is 396 Å². The molecule has 0 fully saturated rings. The number of hydrogen-bond donors (Lipinski definition) is 0. The van der Waals surface area contributed by atoms with Crippen molar-refractivity contribution in [3.8, 4) is 10.4 Å². The Hall–Kier alpha value is -5.10. The third-order valence-electron chi connectivity index (χ3n) is 15.4. The van der Waals surface area contributed by atoms with E-state index < -0.39 is 0 Å². The molecule has 0 saturated heterocycles. The van der Waals surface area contributed by atoms with E-state index in [2.05, 4.69) is 209 Å². The summed E-state index contributed by atoms with van der Waals surface area (Å²) in [5.74, 6) is 0.818. The van der Waals surface area contributed by atoms with Gasteiger partial charge in [-0.05, 0) is 170 Å². The van der Waals surface area contributed by atoms with Gasteiger partial charge in [-0.3, -0.25) is 0 Å². The monoisotopic (exact) mass is 886 g/mol. The quantitative estimate of drug-likeness (QED) is 0.159. The lowest BCUT2D eigenvalue weighted by atomic mass is 9.36. The summed E-state index contributed by atoms with van der Waals surface area (Å²) in [4.78, 5) is 6.72. The number of nitrogens with zero attached hydrogens (tertiary/aromatic N) is 2. The molecule has 11 rings (SSSR count). The Morgan fingerprint density at radius 3 is 1.89 bits per heavy atom. The van der Waals surface area contributed by atoms with E-state index >= 15 is 0 Å². The molecule has 0 bridgehead atoms. The van der Waals surface area contributed by atoms with Crippen LogP contribution in [0.1, 0.15) is 140 Å². The topological polar surface area (TPSA) is 6.48 Å². The second-order valence-corrected chi connectivity index (χ2v) is 24.7. The zero-order chi connectivity index (χ0) is 45.6. The summed E-state index contributed by atoms with van der Waals surface area (Å²) in [7, 11) is 0. The molecule has 2 aromatic heterocycles. The van der Waals surface area contributed by atoms with Crippen molar-refractivity contribution in [1.82, 2.24) is 0 Å². The molecule has 4 heterocycles. The molecule has 0 amide bonds. The first-order valence-electron chi connectivity index (χ1n) is 24.1. The predicted molar refractivity (Wildman–Crippen MR) is 288 cm³/mol.